The zero-order valence-corrected chi connectivity index (χ0v) is 18.4. The van der Waals surface area contributed by atoms with Crippen LogP contribution in [-0.2, 0) is 24.5 Å². The topological polar surface area (TPSA) is 84.4 Å². The van der Waals surface area contributed by atoms with Crippen molar-refractivity contribution in [2.24, 2.45) is 0 Å². The zero-order chi connectivity index (χ0) is 24.5. The van der Waals surface area contributed by atoms with Crippen molar-refractivity contribution in [3.63, 3.8) is 0 Å². The summed E-state index contributed by atoms with van der Waals surface area (Å²) in [6.45, 7) is -1.75. The zero-order valence-electron chi connectivity index (χ0n) is 18.4. The Hall–Kier alpha value is -4.12. The summed E-state index contributed by atoms with van der Waals surface area (Å²) in [4.78, 5) is 4.28. The van der Waals surface area contributed by atoms with Gasteiger partial charge in [0.25, 0.3) is 0 Å². The molecular formula is C24H21F3N4O4. The summed E-state index contributed by atoms with van der Waals surface area (Å²) in [5, 5.41) is 7.53. The van der Waals surface area contributed by atoms with Crippen molar-refractivity contribution in [2.75, 3.05) is 6.61 Å². The smallest absolute Gasteiger partial charge is 0.387 e. The lowest BCUT2D eigenvalue weighted by Crippen LogP contribution is -2.07. The molecule has 8 nitrogen and oxygen atoms in total. The molecule has 0 aliphatic carbocycles. The Morgan fingerprint density at radius 2 is 1.86 bits per heavy atom. The largest absolute Gasteiger partial charge is 0.487 e. The molecule has 35 heavy (non-hydrogen) atoms. The number of rotatable bonds is 12. The van der Waals surface area contributed by atoms with Crippen LogP contribution < -0.4 is 9.47 Å². The van der Waals surface area contributed by atoms with Crippen LogP contribution in [0.15, 0.2) is 65.5 Å². The summed E-state index contributed by atoms with van der Waals surface area (Å²) in [7, 11) is 0. The first-order chi connectivity index (χ1) is 17.0. The van der Waals surface area contributed by atoms with Crippen molar-refractivity contribution < 1.29 is 31.8 Å². The van der Waals surface area contributed by atoms with E-state index in [2.05, 4.69) is 20.0 Å². The van der Waals surface area contributed by atoms with Gasteiger partial charge in [0.05, 0.1) is 26.0 Å². The van der Waals surface area contributed by atoms with Crippen LogP contribution in [0.25, 0.3) is 12.2 Å². The van der Waals surface area contributed by atoms with Gasteiger partial charge in [-0.25, -0.2) is 9.37 Å². The van der Waals surface area contributed by atoms with E-state index in [0.29, 0.717) is 36.0 Å². The van der Waals surface area contributed by atoms with Crippen LogP contribution in [0, 0.1) is 5.82 Å². The molecule has 2 heterocycles. The third-order valence-corrected chi connectivity index (χ3v) is 4.70. The molecule has 0 unspecified atom stereocenters. The van der Waals surface area contributed by atoms with Crippen molar-refractivity contribution in [3.8, 4) is 11.5 Å². The van der Waals surface area contributed by atoms with Gasteiger partial charge >= 0.3 is 6.61 Å². The van der Waals surface area contributed by atoms with E-state index in [-0.39, 0.29) is 19.0 Å². The Morgan fingerprint density at radius 3 is 2.60 bits per heavy atom. The molecule has 0 aliphatic heterocycles. The van der Waals surface area contributed by atoms with E-state index in [9.17, 15) is 13.2 Å². The number of ether oxygens (including phenoxy) is 3. The lowest BCUT2D eigenvalue weighted by molar-refractivity contribution is -0.0498. The number of alkyl halides is 2. The molecule has 4 aromatic rings. The minimum absolute atomic E-state index is 0.0767. The van der Waals surface area contributed by atoms with E-state index >= 15 is 0 Å². The summed E-state index contributed by atoms with van der Waals surface area (Å²) in [6.07, 6.45) is 8.08. The van der Waals surface area contributed by atoms with Gasteiger partial charge in [-0.3, -0.25) is 4.68 Å². The third-order valence-electron chi connectivity index (χ3n) is 4.70. The Balaban J connectivity index is 1.23. The van der Waals surface area contributed by atoms with Gasteiger partial charge in [0.2, 0.25) is 5.89 Å². The lowest BCUT2D eigenvalue weighted by atomic mass is 10.2. The predicted octanol–water partition coefficient (Wildman–Crippen LogP) is 4.97. The second-order valence-electron chi connectivity index (χ2n) is 7.22. The van der Waals surface area contributed by atoms with Gasteiger partial charge in [0.1, 0.15) is 35.9 Å². The summed E-state index contributed by atoms with van der Waals surface area (Å²) in [5.74, 6) is 0.325. The van der Waals surface area contributed by atoms with Gasteiger partial charge in [0.15, 0.2) is 0 Å². The monoisotopic (exact) mass is 486 g/mol. The SMILES string of the molecule is Fc1cc(OCc2coc(C=Cc3ccc(OC(F)F)cc3)n2)ccc1COCCn1ccnn1. The summed E-state index contributed by atoms with van der Waals surface area (Å²) in [6, 6.07) is 10.7. The van der Waals surface area contributed by atoms with Crippen LogP contribution in [0.2, 0.25) is 0 Å². The molecule has 0 radical (unpaired) electrons. The van der Waals surface area contributed by atoms with Crippen molar-refractivity contribution in [1.82, 2.24) is 20.0 Å². The Bertz CT molecular complexity index is 1230. The summed E-state index contributed by atoms with van der Waals surface area (Å²) < 4.78 is 61.2. The van der Waals surface area contributed by atoms with Gasteiger partial charge in [0, 0.05) is 23.9 Å². The van der Waals surface area contributed by atoms with Crippen LogP contribution in [0.5, 0.6) is 11.5 Å². The van der Waals surface area contributed by atoms with Crippen LogP contribution in [-0.4, -0.2) is 33.2 Å². The molecule has 0 amide bonds. The Labute approximate surface area is 198 Å². The highest BCUT2D eigenvalue weighted by atomic mass is 19.3. The highest BCUT2D eigenvalue weighted by Gasteiger charge is 2.08. The molecule has 0 N–H and O–H groups in total. The molecule has 0 saturated carbocycles. The number of halogens is 3. The number of hydrogen-bond acceptors (Lipinski definition) is 7. The van der Waals surface area contributed by atoms with E-state index in [0.717, 1.165) is 5.56 Å². The molecule has 0 atom stereocenters. The molecule has 0 bridgehead atoms. The van der Waals surface area contributed by atoms with Crippen LogP contribution in [0.4, 0.5) is 13.2 Å². The van der Waals surface area contributed by atoms with Crippen molar-refractivity contribution in [1.29, 1.82) is 0 Å². The quantitative estimate of drug-likeness (QED) is 0.261. The maximum atomic E-state index is 14.4. The van der Waals surface area contributed by atoms with E-state index < -0.39 is 12.4 Å². The molecule has 11 heteroatoms. The van der Waals surface area contributed by atoms with E-state index in [1.165, 1.54) is 24.5 Å². The highest BCUT2D eigenvalue weighted by molar-refractivity contribution is 5.66. The second-order valence-corrected chi connectivity index (χ2v) is 7.22. The normalized spacial score (nSPS) is 11.4. The fraction of sp³-hybridized carbons (Fsp3) is 0.208. The Morgan fingerprint density at radius 1 is 1.03 bits per heavy atom. The molecule has 182 valence electrons. The number of benzene rings is 2. The average Bonchev–Trinajstić information content (AvgIpc) is 3.53. The van der Waals surface area contributed by atoms with Gasteiger partial charge in [-0.2, -0.15) is 8.78 Å². The summed E-state index contributed by atoms with van der Waals surface area (Å²) >= 11 is 0. The van der Waals surface area contributed by atoms with E-state index in [4.69, 9.17) is 13.9 Å². The number of nitrogens with zero attached hydrogens (tertiary/aromatic N) is 4. The van der Waals surface area contributed by atoms with Crippen LogP contribution in [0.3, 0.4) is 0 Å². The second kappa shape index (κ2) is 11.8. The van der Waals surface area contributed by atoms with Crippen LogP contribution in [0.1, 0.15) is 22.7 Å². The maximum absolute atomic E-state index is 14.4. The fourth-order valence-corrected chi connectivity index (χ4v) is 2.98. The first-order valence-corrected chi connectivity index (χ1v) is 10.6. The maximum Gasteiger partial charge on any atom is 0.387 e. The average molecular weight is 486 g/mol. The molecular weight excluding hydrogens is 465 g/mol. The van der Waals surface area contributed by atoms with Crippen LogP contribution >= 0.6 is 0 Å². The van der Waals surface area contributed by atoms with E-state index in [1.54, 1.807) is 53.5 Å². The molecule has 2 aromatic carbocycles. The first-order valence-electron chi connectivity index (χ1n) is 10.6. The summed E-state index contributed by atoms with van der Waals surface area (Å²) in [5.41, 5.74) is 1.69. The van der Waals surface area contributed by atoms with Crippen molar-refractivity contribution in [3.05, 3.63) is 89.7 Å². The molecule has 4 rings (SSSR count). The Kier molecular flexibility index (Phi) is 8.12. The minimum atomic E-state index is -2.87. The van der Waals surface area contributed by atoms with Gasteiger partial charge in [-0.1, -0.05) is 23.4 Å². The van der Waals surface area contributed by atoms with E-state index in [1.807, 2.05) is 0 Å². The fourth-order valence-electron chi connectivity index (χ4n) is 2.98. The molecule has 0 saturated heterocycles. The number of aromatic nitrogens is 4. The molecule has 2 aromatic heterocycles. The highest BCUT2D eigenvalue weighted by Crippen LogP contribution is 2.20. The van der Waals surface area contributed by atoms with Crippen molar-refractivity contribution >= 4 is 12.2 Å². The van der Waals surface area contributed by atoms with Gasteiger partial charge in [-0.15, -0.1) is 5.10 Å². The van der Waals surface area contributed by atoms with Crippen molar-refractivity contribution in [2.45, 2.75) is 26.4 Å². The standard InChI is InChI=1S/C24H21F3N4O4/c25-22-13-21(7-4-18(22)14-32-12-11-31-10-9-28-30-31)33-15-19-16-34-23(29-19)8-3-17-1-5-20(6-2-17)35-24(26)27/h1-10,13,16,24H,11-12,14-15H2. The number of hydrogen-bond donors (Lipinski definition) is 0. The predicted molar refractivity (Wildman–Crippen MR) is 119 cm³/mol. The first kappa shape index (κ1) is 24.0. The molecule has 0 fully saturated rings. The lowest BCUT2D eigenvalue weighted by Gasteiger charge is -2.08. The van der Waals surface area contributed by atoms with Gasteiger partial charge in [-0.05, 0) is 29.8 Å². The molecule has 0 spiro atoms. The van der Waals surface area contributed by atoms with Gasteiger partial charge < -0.3 is 18.6 Å². The minimum Gasteiger partial charge on any atom is -0.487 e. The number of oxazole rings is 1. The molecule has 0 aliphatic rings. The third kappa shape index (κ3) is 7.44.